The summed E-state index contributed by atoms with van der Waals surface area (Å²) in [4.78, 5) is 12.3. The van der Waals surface area contributed by atoms with E-state index in [1.165, 1.54) is 19.3 Å². The molecule has 1 atom stereocenters. The summed E-state index contributed by atoms with van der Waals surface area (Å²) in [6.07, 6.45) is 3.66. The zero-order chi connectivity index (χ0) is 13.8. The summed E-state index contributed by atoms with van der Waals surface area (Å²) in [6, 6.07) is 5.50. The first kappa shape index (κ1) is 13.7. The molecule has 0 heterocycles. The summed E-state index contributed by atoms with van der Waals surface area (Å²) < 4.78 is 5.48. The Morgan fingerprint density at radius 2 is 2.26 bits per heavy atom. The van der Waals surface area contributed by atoms with Crippen molar-refractivity contribution in [3.05, 3.63) is 23.8 Å². The zero-order valence-corrected chi connectivity index (χ0v) is 11.6. The van der Waals surface area contributed by atoms with E-state index in [-0.39, 0.29) is 11.9 Å². The Morgan fingerprint density at radius 3 is 2.84 bits per heavy atom. The Bertz CT molecular complexity index is 455. The van der Waals surface area contributed by atoms with Gasteiger partial charge in [-0.25, -0.2) is 0 Å². The number of hydrogen-bond donors (Lipinski definition) is 2. The Labute approximate surface area is 114 Å². The second kappa shape index (κ2) is 5.95. The number of benzene rings is 1. The summed E-state index contributed by atoms with van der Waals surface area (Å²) in [6.45, 7) is 4.46. The largest absolute Gasteiger partial charge is 0.493 e. The molecule has 1 aliphatic rings. The minimum atomic E-state index is -0.138. The average Bonchev–Trinajstić information content (AvgIpc) is 2.26. The van der Waals surface area contributed by atoms with Gasteiger partial charge in [0.15, 0.2) is 0 Å². The lowest BCUT2D eigenvalue weighted by atomic mass is 9.80. The van der Waals surface area contributed by atoms with Crippen LogP contribution in [0, 0.1) is 5.92 Å². The highest BCUT2D eigenvalue weighted by Crippen LogP contribution is 2.30. The number of hydrogen-bond acceptors (Lipinski definition) is 3. The van der Waals surface area contributed by atoms with Crippen molar-refractivity contribution in [2.24, 2.45) is 5.92 Å². The molecule has 2 rings (SSSR count). The molecular weight excluding hydrogens is 240 g/mol. The van der Waals surface area contributed by atoms with Crippen LogP contribution in [0.5, 0.6) is 5.75 Å². The smallest absolute Gasteiger partial charge is 0.257 e. The molecule has 4 nitrogen and oxygen atoms in total. The van der Waals surface area contributed by atoms with E-state index in [0.29, 0.717) is 29.5 Å². The third-order valence-corrected chi connectivity index (χ3v) is 3.80. The molecule has 0 aromatic heterocycles. The minimum Gasteiger partial charge on any atom is -0.493 e. The molecule has 0 saturated heterocycles. The number of amides is 1. The highest BCUT2D eigenvalue weighted by molar-refractivity contribution is 6.02. The normalized spacial score (nSPS) is 16.5. The van der Waals surface area contributed by atoms with Gasteiger partial charge in [-0.15, -0.1) is 0 Å². The highest BCUT2D eigenvalue weighted by Gasteiger charge is 2.26. The molecule has 0 radical (unpaired) electrons. The lowest BCUT2D eigenvalue weighted by Gasteiger charge is -2.32. The van der Waals surface area contributed by atoms with Gasteiger partial charge in [-0.05, 0) is 44.7 Å². The van der Waals surface area contributed by atoms with E-state index < -0.39 is 0 Å². The first-order valence-corrected chi connectivity index (χ1v) is 6.95. The maximum absolute atomic E-state index is 12.3. The fraction of sp³-hybridized carbons (Fsp3) is 0.533. The van der Waals surface area contributed by atoms with E-state index >= 15 is 0 Å². The van der Waals surface area contributed by atoms with Crippen LogP contribution in [0.25, 0.3) is 0 Å². The summed E-state index contributed by atoms with van der Waals surface area (Å²) in [5.74, 6) is 1.02. The summed E-state index contributed by atoms with van der Waals surface area (Å²) in [5.41, 5.74) is 6.83. The lowest BCUT2D eigenvalue weighted by molar-refractivity contribution is 0.0906. The first-order chi connectivity index (χ1) is 9.13. The Morgan fingerprint density at radius 1 is 1.53 bits per heavy atom. The van der Waals surface area contributed by atoms with Gasteiger partial charge in [0.05, 0.1) is 6.61 Å². The third kappa shape index (κ3) is 3.00. The van der Waals surface area contributed by atoms with E-state index in [9.17, 15) is 4.79 Å². The Kier molecular flexibility index (Phi) is 4.30. The monoisotopic (exact) mass is 262 g/mol. The maximum atomic E-state index is 12.3. The van der Waals surface area contributed by atoms with Crippen LogP contribution >= 0.6 is 0 Å². The molecule has 0 aliphatic heterocycles. The molecule has 104 valence electrons. The molecule has 1 fully saturated rings. The Hall–Kier alpha value is -1.71. The van der Waals surface area contributed by atoms with Gasteiger partial charge in [0.1, 0.15) is 11.3 Å². The van der Waals surface area contributed by atoms with E-state index in [4.69, 9.17) is 10.5 Å². The van der Waals surface area contributed by atoms with Crippen molar-refractivity contribution < 1.29 is 9.53 Å². The van der Waals surface area contributed by atoms with Crippen LogP contribution in [0.3, 0.4) is 0 Å². The van der Waals surface area contributed by atoms with Gasteiger partial charge >= 0.3 is 0 Å². The van der Waals surface area contributed by atoms with Gasteiger partial charge in [-0.2, -0.15) is 0 Å². The number of anilines is 1. The average molecular weight is 262 g/mol. The molecular formula is C15H22N2O2. The van der Waals surface area contributed by atoms with Gasteiger partial charge in [0.25, 0.3) is 5.91 Å². The van der Waals surface area contributed by atoms with Crippen molar-refractivity contribution in [1.82, 2.24) is 5.32 Å². The Balaban J connectivity index is 2.13. The van der Waals surface area contributed by atoms with Gasteiger partial charge in [-0.1, -0.05) is 12.5 Å². The van der Waals surface area contributed by atoms with Crippen LogP contribution in [-0.4, -0.2) is 18.6 Å². The molecule has 19 heavy (non-hydrogen) atoms. The number of carbonyl (C=O) groups is 1. The standard InChI is InChI=1S/C15H22N2O2/c1-3-19-13-9-5-8-12(16)14(13)15(18)17-10(2)11-6-4-7-11/h5,8-11H,3-4,6-7,16H2,1-2H3,(H,17,18). The molecule has 4 heteroatoms. The molecule has 1 unspecified atom stereocenters. The lowest BCUT2D eigenvalue weighted by Crippen LogP contribution is -2.41. The minimum absolute atomic E-state index is 0.138. The first-order valence-electron chi connectivity index (χ1n) is 6.95. The molecule has 1 aromatic carbocycles. The number of ether oxygens (including phenoxy) is 1. The van der Waals surface area contributed by atoms with Crippen LogP contribution in [-0.2, 0) is 0 Å². The number of nitrogen functional groups attached to an aromatic ring is 1. The zero-order valence-electron chi connectivity index (χ0n) is 11.6. The number of nitrogens with one attached hydrogen (secondary N) is 1. The molecule has 3 N–H and O–H groups in total. The van der Waals surface area contributed by atoms with Gasteiger partial charge < -0.3 is 15.8 Å². The summed E-state index contributed by atoms with van der Waals surface area (Å²) >= 11 is 0. The number of carbonyl (C=O) groups excluding carboxylic acids is 1. The number of rotatable bonds is 5. The van der Waals surface area contributed by atoms with Gasteiger partial charge in [0, 0.05) is 11.7 Å². The summed E-state index contributed by atoms with van der Waals surface area (Å²) in [5, 5.41) is 3.04. The predicted octanol–water partition coefficient (Wildman–Crippen LogP) is 2.59. The van der Waals surface area contributed by atoms with Gasteiger partial charge in [0.2, 0.25) is 0 Å². The van der Waals surface area contributed by atoms with Crippen molar-refractivity contribution in [2.45, 2.75) is 39.2 Å². The van der Waals surface area contributed by atoms with Crippen molar-refractivity contribution in [3.8, 4) is 5.75 Å². The van der Waals surface area contributed by atoms with Crippen LogP contribution < -0.4 is 15.8 Å². The highest BCUT2D eigenvalue weighted by atomic mass is 16.5. The van der Waals surface area contributed by atoms with Crippen LogP contribution in [0.15, 0.2) is 18.2 Å². The fourth-order valence-electron chi connectivity index (χ4n) is 2.40. The maximum Gasteiger partial charge on any atom is 0.257 e. The second-order valence-corrected chi connectivity index (χ2v) is 5.11. The number of nitrogens with two attached hydrogens (primary N) is 1. The predicted molar refractivity (Wildman–Crippen MR) is 76.3 cm³/mol. The molecule has 1 saturated carbocycles. The molecule has 1 aliphatic carbocycles. The molecule has 0 spiro atoms. The quantitative estimate of drug-likeness (QED) is 0.802. The van der Waals surface area contributed by atoms with E-state index in [2.05, 4.69) is 12.2 Å². The van der Waals surface area contributed by atoms with E-state index in [1.54, 1.807) is 18.2 Å². The molecule has 0 bridgehead atoms. The fourth-order valence-corrected chi connectivity index (χ4v) is 2.40. The van der Waals surface area contributed by atoms with E-state index in [1.807, 2.05) is 6.92 Å². The van der Waals surface area contributed by atoms with Crippen molar-refractivity contribution in [1.29, 1.82) is 0 Å². The van der Waals surface area contributed by atoms with Crippen LogP contribution in [0.1, 0.15) is 43.5 Å². The summed E-state index contributed by atoms with van der Waals surface area (Å²) in [7, 11) is 0. The van der Waals surface area contributed by atoms with Crippen molar-refractivity contribution >= 4 is 11.6 Å². The third-order valence-electron chi connectivity index (χ3n) is 3.80. The molecule has 1 aromatic rings. The topological polar surface area (TPSA) is 64.3 Å². The van der Waals surface area contributed by atoms with Crippen molar-refractivity contribution in [2.75, 3.05) is 12.3 Å². The van der Waals surface area contributed by atoms with Gasteiger partial charge in [-0.3, -0.25) is 4.79 Å². The van der Waals surface area contributed by atoms with Crippen molar-refractivity contribution in [3.63, 3.8) is 0 Å². The van der Waals surface area contributed by atoms with Crippen LogP contribution in [0.2, 0.25) is 0 Å². The van der Waals surface area contributed by atoms with Crippen LogP contribution in [0.4, 0.5) is 5.69 Å². The SMILES string of the molecule is CCOc1cccc(N)c1C(=O)NC(C)C1CCC1. The molecule has 1 amide bonds. The second-order valence-electron chi connectivity index (χ2n) is 5.11. The van der Waals surface area contributed by atoms with E-state index in [0.717, 1.165) is 0 Å².